The molecule has 0 unspecified atom stereocenters. The van der Waals surface area contributed by atoms with Gasteiger partial charge in [-0.1, -0.05) is 30.3 Å². The van der Waals surface area contributed by atoms with Crippen molar-refractivity contribution in [1.82, 2.24) is 0 Å². The minimum atomic E-state index is -5.50. The van der Waals surface area contributed by atoms with E-state index in [-0.39, 0.29) is 11.4 Å². The Morgan fingerprint density at radius 3 is 1.74 bits per heavy atom. The third kappa shape index (κ3) is 3.88. The molecule has 2 nitrogen and oxygen atoms in total. The van der Waals surface area contributed by atoms with Crippen molar-refractivity contribution in [2.75, 3.05) is 5.73 Å². The van der Waals surface area contributed by atoms with Gasteiger partial charge in [0.25, 0.3) is 0 Å². The Morgan fingerprint density at radius 1 is 0.739 bits per heavy atom. The fourth-order valence-corrected chi connectivity index (χ4v) is 2.04. The molecule has 0 heterocycles. The lowest BCUT2D eigenvalue weighted by atomic mass is 9.97. The summed E-state index contributed by atoms with van der Waals surface area (Å²) in [5.74, 6) is -4.22. The van der Waals surface area contributed by atoms with E-state index in [0.717, 1.165) is 18.2 Å². The molecule has 0 aliphatic rings. The van der Waals surface area contributed by atoms with E-state index in [2.05, 4.69) is 0 Å². The topological polar surface area (TPSA) is 35.2 Å². The van der Waals surface area contributed by atoms with E-state index in [9.17, 15) is 26.3 Å². The average Bonchev–Trinajstić information content (AvgIpc) is 2.40. The van der Waals surface area contributed by atoms with Gasteiger partial charge in [0.05, 0.1) is 5.69 Å². The smallest absolute Gasteiger partial charge is 0.404 e. The van der Waals surface area contributed by atoms with Gasteiger partial charge in [0.15, 0.2) is 5.92 Å². The molecular formula is C15H11F6NO. The van der Waals surface area contributed by atoms with E-state index in [1.165, 1.54) is 24.3 Å². The van der Waals surface area contributed by atoms with Crippen molar-refractivity contribution in [3.05, 3.63) is 54.1 Å². The van der Waals surface area contributed by atoms with E-state index in [4.69, 9.17) is 10.5 Å². The molecule has 0 spiro atoms. The monoisotopic (exact) mass is 335 g/mol. The maximum Gasteiger partial charge on any atom is 0.404 e. The lowest BCUT2D eigenvalue weighted by Gasteiger charge is -2.25. The van der Waals surface area contributed by atoms with E-state index in [1.54, 1.807) is 6.07 Å². The standard InChI is InChI=1S/C15H11F6NO/c16-14(17,18)13(15(19,20)21)9-5-1-3-7-11(9)23-12-8-4-2-6-10(12)22/h1-8,13H,22H2. The molecule has 2 N–H and O–H groups in total. The fraction of sp³-hybridized carbons (Fsp3) is 0.200. The summed E-state index contributed by atoms with van der Waals surface area (Å²) >= 11 is 0. The van der Waals surface area contributed by atoms with E-state index >= 15 is 0 Å². The summed E-state index contributed by atoms with van der Waals surface area (Å²) in [7, 11) is 0. The van der Waals surface area contributed by atoms with Crippen molar-refractivity contribution in [3.8, 4) is 11.5 Å². The van der Waals surface area contributed by atoms with E-state index in [1.807, 2.05) is 0 Å². The third-order valence-electron chi connectivity index (χ3n) is 3.02. The number of alkyl halides is 6. The Kier molecular flexibility index (Phi) is 4.44. The van der Waals surface area contributed by atoms with Crippen molar-refractivity contribution in [3.63, 3.8) is 0 Å². The first-order valence-corrected chi connectivity index (χ1v) is 6.35. The third-order valence-corrected chi connectivity index (χ3v) is 3.02. The number of rotatable bonds is 3. The van der Waals surface area contributed by atoms with Gasteiger partial charge in [0.2, 0.25) is 0 Å². The summed E-state index contributed by atoms with van der Waals surface area (Å²) in [4.78, 5) is 0. The van der Waals surface area contributed by atoms with Gasteiger partial charge in [-0.3, -0.25) is 0 Å². The van der Waals surface area contributed by atoms with Gasteiger partial charge < -0.3 is 10.5 Å². The zero-order chi connectivity index (χ0) is 17.3. The molecule has 0 radical (unpaired) electrons. The van der Waals surface area contributed by atoms with Crippen LogP contribution in [0.25, 0.3) is 0 Å². The van der Waals surface area contributed by atoms with Crippen LogP contribution in [0.3, 0.4) is 0 Å². The molecule has 0 aliphatic carbocycles. The van der Waals surface area contributed by atoms with Crippen LogP contribution in [0.2, 0.25) is 0 Å². The van der Waals surface area contributed by atoms with E-state index < -0.39 is 29.6 Å². The molecule has 0 fully saturated rings. The maximum absolute atomic E-state index is 12.9. The Labute approximate surface area is 127 Å². The summed E-state index contributed by atoms with van der Waals surface area (Å²) in [5.41, 5.74) is 4.67. The largest absolute Gasteiger partial charge is 0.455 e. The van der Waals surface area contributed by atoms with Gasteiger partial charge in [-0.25, -0.2) is 0 Å². The Morgan fingerprint density at radius 2 is 1.22 bits per heavy atom. The second-order valence-corrected chi connectivity index (χ2v) is 4.69. The van der Waals surface area contributed by atoms with Crippen LogP contribution in [0.5, 0.6) is 11.5 Å². The Balaban J connectivity index is 2.50. The molecule has 0 atom stereocenters. The average molecular weight is 335 g/mol. The number of nitrogen functional groups attached to an aromatic ring is 1. The van der Waals surface area contributed by atoms with Crippen LogP contribution >= 0.6 is 0 Å². The second-order valence-electron chi connectivity index (χ2n) is 4.69. The van der Waals surface area contributed by atoms with Crippen molar-refractivity contribution in [2.24, 2.45) is 0 Å². The van der Waals surface area contributed by atoms with Gasteiger partial charge in [0, 0.05) is 5.56 Å². The molecule has 0 saturated carbocycles. The second kappa shape index (κ2) is 6.02. The Hall–Kier alpha value is -2.38. The minimum Gasteiger partial charge on any atom is -0.455 e. The predicted molar refractivity (Wildman–Crippen MR) is 72.2 cm³/mol. The van der Waals surface area contributed by atoms with Crippen molar-refractivity contribution >= 4 is 5.69 Å². The molecular weight excluding hydrogens is 324 g/mol. The molecule has 0 saturated heterocycles. The maximum atomic E-state index is 12.9. The summed E-state index contributed by atoms with van der Waals surface area (Å²) < 4.78 is 82.6. The molecule has 0 bridgehead atoms. The van der Waals surface area contributed by atoms with Crippen LogP contribution in [0.15, 0.2) is 48.5 Å². The number of nitrogens with two attached hydrogens (primary N) is 1. The molecule has 23 heavy (non-hydrogen) atoms. The van der Waals surface area contributed by atoms with Crippen LogP contribution in [0.1, 0.15) is 11.5 Å². The molecule has 2 rings (SSSR count). The first-order chi connectivity index (χ1) is 10.6. The highest BCUT2D eigenvalue weighted by atomic mass is 19.4. The van der Waals surface area contributed by atoms with Crippen LogP contribution in [-0.4, -0.2) is 12.4 Å². The normalized spacial score (nSPS) is 12.5. The molecule has 2 aromatic carbocycles. The zero-order valence-corrected chi connectivity index (χ0v) is 11.4. The first-order valence-electron chi connectivity index (χ1n) is 6.35. The quantitative estimate of drug-likeness (QED) is 0.613. The van der Waals surface area contributed by atoms with E-state index in [0.29, 0.717) is 0 Å². The lowest BCUT2D eigenvalue weighted by molar-refractivity contribution is -0.253. The molecule has 0 aromatic heterocycles. The number of halogens is 6. The van der Waals surface area contributed by atoms with Crippen LogP contribution in [0.4, 0.5) is 32.0 Å². The Bertz CT molecular complexity index is 666. The predicted octanol–water partition coefficient (Wildman–Crippen LogP) is 5.27. The highest BCUT2D eigenvalue weighted by Gasteiger charge is 2.58. The van der Waals surface area contributed by atoms with Crippen LogP contribution in [-0.2, 0) is 0 Å². The van der Waals surface area contributed by atoms with Gasteiger partial charge >= 0.3 is 12.4 Å². The van der Waals surface area contributed by atoms with Crippen molar-refractivity contribution in [2.45, 2.75) is 18.3 Å². The van der Waals surface area contributed by atoms with Gasteiger partial charge in [-0.2, -0.15) is 26.3 Å². The number of hydrogen-bond donors (Lipinski definition) is 1. The summed E-state index contributed by atoms with van der Waals surface area (Å²) in [6.07, 6.45) is -11.0. The first kappa shape index (κ1) is 17.0. The number of anilines is 1. The number of para-hydroxylation sites is 3. The number of ether oxygens (including phenoxy) is 1. The van der Waals surface area contributed by atoms with Gasteiger partial charge in [-0.05, 0) is 18.2 Å². The van der Waals surface area contributed by atoms with Gasteiger partial charge in [0.1, 0.15) is 11.5 Å². The SMILES string of the molecule is Nc1ccccc1Oc1ccccc1C(C(F)(F)F)C(F)(F)F. The summed E-state index contributed by atoms with van der Waals surface area (Å²) in [6, 6.07) is 9.96. The minimum absolute atomic E-state index is 0.0250. The van der Waals surface area contributed by atoms with Crippen molar-refractivity contribution < 1.29 is 31.1 Å². The fourth-order valence-electron chi connectivity index (χ4n) is 2.04. The summed E-state index contributed by atoms with van der Waals surface area (Å²) in [6.45, 7) is 0. The van der Waals surface area contributed by atoms with Gasteiger partial charge in [-0.15, -0.1) is 0 Å². The zero-order valence-electron chi connectivity index (χ0n) is 11.4. The van der Waals surface area contributed by atoms with Crippen LogP contribution in [0, 0.1) is 0 Å². The molecule has 8 heteroatoms. The molecule has 0 amide bonds. The highest BCUT2D eigenvalue weighted by Crippen LogP contribution is 2.49. The van der Waals surface area contributed by atoms with Crippen LogP contribution < -0.4 is 10.5 Å². The van der Waals surface area contributed by atoms with Crippen molar-refractivity contribution in [1.29, 1.82) is 0 Å². The molecule has 2 aromatic rings. The number of hydrogen-bond acceptors (Lipinski definition) is 2. The molecule has 0 aliphatic heterocycles. The number of benzene rings is 2. The highest BCUT2D eigenvalue weighted by molar-refractivity contribution is 5.54. The summed E-state index contributed by atoms with van der Waals surface area (Å²) in [5, 5.41) is 0. The lowest BCUT2D eigenvalue weighted by Crippen LogP contribution is -2.34. The molecule has 124 valence electrons.